The van der Waals surface area contributed by atoms with E-state index < -0.39 is 23.8 Å². The zero-order chi connectivity index (χ0) is 58.3. The number of hydrogen-bond donors (Lipinski definition) is 6. The van der Waals surface area contributed by atoms with Crippen LogP contribution in [0.1, 0.15) is 122 Å². The molecule has 1 fully saturated rings. The molecule has 0 radical (unpaired) electrons. The summed E-state index contributed by atoms with van der Waals surface area (Å²) in [5.41, 5.74) is 4.36. The number of nitrogens with one attached hydrogen (secondary N) is 6. The second kappa shape index (κ2) is 27.9. The van der Waals surface area contributed by atoms with Crippen molar-refractivity contribution in [3.05, 3.63) is 94.8 Å². The van der Waals surface area contributed by atoms with Crippen LogP contribution in [0.5, 0.6) is 11.5 Å². The van der Waals surface area contributed by atoms with E-state index in [0.717, 1.165) is 23.3 Å². The van der Waals surface area contributed by atoms with E-state index in [1.807, 2.05) is 24.1 Å². The first kappa shape index (κ1) is 59.9. The van der Waals surface area contributed by atoms with Crippen LogP contribution in [-0.2, 0) is 35.8 Å². The van der Waals surface area contributed by atoms with E-state index in [1.165, 1.54) is 43.4 Å². The molecule has 1 unspecified atom stereocenters. The number of hydrogen-bond acceptors (Lipinski definition) is 14. The van der Waals surface area contributed by atoms with E-state index in [2.05, 4.69) is 48.8 Å². The molecule has 9 amide bonds. The molecule has 3 atom stereocenters. The molecule has 23 heteroatoms. The van der Waals surface area contributed by atoms with Gasteiger partial charge in [0.05, 0.1) is 70.6 Å². The van der Waals surface area contributed by atoms with Crippen LogP contribution >= 0.6 is 11.3 Å². The highest BCUT2D eigenvalue weighted by Gasteiger charge is 2.33. The van der Waals surface area contributed by atoms with E-state index in [-0.39, 0.29) is 73.9 Å². The lowest BCUT2D eigenvalue weighted by Gasteiger charge is -2.35. The van der Waals surface area contributed by atoms with Crippen LogP contribution in [0.4, 0.5) is 28.4 Å². The molecule has 2 aliphatic rings. The second-order valence-corrected chi connectivity index (χ2v) is 21.1. The fraction of sp³-hybridized carbons (Fsp3) is 0.397. The number of anilines is 4. The number of rotatable bonds is 24. The molecule has 0 aliphatic carbocycles. The van der Waals surface area contributed by atoms with Gasteiger partial charge in [-0.15, -0.1) is 11.3 Å². The maximum atomic E-state index is 13.4. The Balaban J connectivity index is 0.810. The number of piperidine rings is 1. The Morgan fingerprint density at radius 2 is 1.54 bits per heavy atom. The Morgan fingerprint density at radius 1 is 0.827 bits per heavy atom. The fourth-order valence-electron chi connectivity index (χ4n) is 9.22. The van der Waals surface area contributed by atoms with Gasteiger partial charge in [0.15, 0.2) is 11.5 Å². The number of aryl methyl sites for hydroxylation is 2. The molecule has 22 nitrogen and oxygen atoms in total. The summed E-state index contributed by atoms with van der Waals surface area (Å²) in [6, 6.07) is 15.7. The Labute approximate surface area is 473 Å². The molecule has 0 bridgehead atoms. The lowest BCUT2D eigenvalue weighted by molar-refractivity contribution is -0.143. The lowest BCUT2D eigenvalue weighted by Crippen LogP contribution is -2.45. The van der Waals surface area contributed by atoms with E-state index in [9.17, 15) is 43.2 Å². The average molecular weight is 1130 g/mol. The van der Waals surface area contributed by atoms with Crippen molar-refractivity contribution in [3.8, 4) is 22.1 Å². The lowest BCUT2D eigenvalue weighted by atomic mass is 9.92. The van der Waals surface area contributed by atoms with Gasteiger partial charge < -0.3 is 50.8 Å². The molecule has 2 aromatic carbocycles. The molecule has 5 heterocycles. The Bertz CT molecular complexity index is 3190. The predicted octanol–water partition coefficient (Wildman–Crippen LogP) is 7.63. The summed E-state index contributed by atoms with van der Waals surface area (Å²) in [7, 11) is 3.21. The topological polar surface area (TPSA) is 281 Å². The monoisotopic (exact) mass is 1130 g/mol. The van der Waals surface area contributed by atoms with Crippen molar-refractivity contribution in [2.75, 3.05) is 54.6 Å². The highest BCUT2D eigenvalue weighted by Crippen LogP contribution is 2.39. The first-order chi connectivity index (χ1) is 38.8. The number of unbranched alkanes of at least 4 members (excludes halogenated alkanes) is 2. The van der Waals surface area contributed by atoms with E-state index in [0.29, 0.717) is 106 Å². The predicted molar refractivity (Wildman–Crippen MR) is 308 cm³/mol. The van der Waals surface area contributed by atoms with Crippen molar-refractivity contribution >= 4 is 99.2 Å². The Hall–Kier alpha value is -8.73. The van der Waals surface area contributed by atoms with Gasteiger partial charge in [-0.25, -0.2) is 0 Å². The van der Waals surface area contributed by atoms with E-state index in [1.54, 1.807) is 79.3 Å². The zero-order valence-electron chi connectivity index (χ0n) is 46.6. The fourth-order valence-corrected chi connectivity index (χ4v) is 10.3. The van der Waals surface area contributed by atoms with E-state index >= 15 is 0 Å². The first-order valence-corrected chi connectivity index (χ1v) is 27.8. The number of carbonyl (C=O) groups excluding carboxylic acids is 9. The minimum absolute atomic E-state index is 0.0547. The third-order valence-corrected chi connectivity index (χ3v) is 14.9. The van der Waals surface area contributed by atoms with Crippen molar-refractivity contribution in [3.63, 3.8) is 0 Å². The SMILES string of the molecule is CCC(=O)N(CCCCCC(=O)NCC(=O)N[C@@H](C)C(=O)Nc1ccc(NC(=O)c2sc(-c3ccc(NC(=O)c4cc(NC(=O)CCCOc5cc6c(cc5OC)C(=O)N5CCC(C)C[C@H]5C=N6)cn4C)cn3)cc2C)cc1)C(C)=O. The van der Waals surface area contributed by atoms with Crippen LogP contribution in [0.2, 0.25) is 0 Å². The van der Waals surface area contributed by atoms with Crippen LogP contribution in [-0.4, -0.2) is 124 Å². The van der Waals surface area contributed by atoms with Crippen molar-refractivity contribution in [1.29, 1.82) is 0 Å². The van der Waals surface area contributed by atoms with Gasteiger partial charge in [-0.1, -0.05) is 20.3 Å². The summed E-state index contributed by atoms with van der Waals surface area (Å²) in [5.74, 6) is -1.71. The number of methoxy groups -OCH3 is 1. The number of aliphatic imine (C=N–C) groups is 1. The summed E-state index contributed by atoms with van der Waals surface area (Å²) in [6.07, 6.45) is 9.41. The molecule has 428 valence electrons. The molecule has 0 saturated carbocycles. The average Bonchev–Trinajstić information content (AvgIpc) is 4.02. The van der Waals surface area contributed by atoms with Gasteiger partial charge in [0.1, 0.15) is 11.7 Å². The van der Waals surface area contributed by atoms with Gasteiger partial charge in [-0.2, -0.15) is 0 Å². The summed E-state index contributed by atoms with van der Waals surface area (Å²) in [4.78, 5) is 128. The maximum absolute atomic E-state index is 13.4. The highest BCUT2D eigenvalue weighted by molar-refractivity contribution is 7.17. The molecule has 81 heavy (non-hydrogen) atoms. The third-order valence-electron chi connectivity index (χ3n) is 13.7. The number of carbonyl (C=O) groups is 9. The Kier molecular flexibility index (Phi) is 20.7. The number of benzene rings is 2. The second-order valence-electron chi connectivity index (χ2n) is 20.0. The molecular weight excluding hydrogens is 1060 g/mol. The largest absolute Gasteiger partial charge is 0.493 e. The molecule has 1 saturated heterocycles. The maximum Gasteiger partial charge on any atom is 0.272 e. The quantitative estimate of drug-likeness (QED) is 0.0325. The van der Waals surface area contributed by atoms with Crippen molar-refractivity contribution in [1.82, 2.24) is 30.0 Å². The van der Waals surface area contributed by atoms with Gasteiger partial charge in [-0.3, -0.25) is 58.0 Å². The minimum atomic E-state index is -0.927. The normalized spacial score (nSPS) is 14.8. The van der Waals surface area contributed by atoms with Crippen molar-refractivity contribution < 1.29 is 52.6 Å². The van der Waals surface area contributed by atoms with Crippen LogP contribution in [0.15, 0.2) is 78.0 Å². The Morgan fingerprint density at radius 3 is 2.25 bits per heavy atom. The van der Waals surface area contributed by atoms with Crippen LogP contribution in [0.25, 0.3) is 10.6 Å². The highest BCUT2D eigenvalue weighted by atomic mass is 32.1. The molecular formula is C58H69N11O11S. The number of fused-ring (bicyclic) bond motifs is 2. The molecule has 7 rings (SSSR count). The van der Waals surface area contributed by atoms with Gasteiger partial charge in [0.2, 0.25) is 35.4 Å². The van der Waals surface area contributed by atoms with E-state index in [4.69, 9.17) is 9.47 Å². The summed E-state index contributed by atoms with van der Waals surface area (Å²) in [5, 5.41) is 16.4. The van der Waals surface area contributed by atoms with Crippen LogP contribution in [0.3, 0.4) is 0 Å². The smallest absolute Gasteiger partial charge is 0.272 e. The van der Waals surface area contributed by atoms with Crippen molar-refractivity contribution in [2.24, 2.45) is 18.0 Å². The summed E-state index contributed by atoms with van der Waals surface area (Å²) >= 11 is 1.25. The molecule has 3 aromatic heterocycles. The minimum Gasteiger partial charge on any atom is -0.493 e. The van der Waals surface area contributed by atoms with Crippen LogP contribution in [0, 0.1) is 12.8 Å². The van der Waals surface area contributed by atoms with Gasteiger partial charge in [0.25, 0.3) is 17.7 Å². The van der Waals surface area contributed by atoms with Gasteiger partial charge in [0, 0.05) is 76.2 Å². The number of amides is 9. The third kappa shape index (κ3) is 16.2. The van der Waals surface area contributed by atoms with Gasteiger partial charge in [-0.05, 0) is 112 Å². The standard InChI is InChI=1S/C58H69N11O11S/c1-8-53(74)68(37(5)70)22-11-9-10-13-50(71)61-32-52(73)62-36(4)55(75)64-38-15-17-39(18-16-38)65-57(77)54-35(3)26-49(81-54)44-20-19-40(30-59-44)66-56(76)46-27-41(33-67(46)6)63-51(72)14-12-24-80-48-29-45-43(28-47(48)79-7)58(78)69-23-21-34(2)25-42(69)31-60-45/h15-20,26-31,33-34,36,42H,8-14,21-25,32H2,1-7H3,(H,61,71)(H,62,73)(H,63,72)(H,64,75)(H,65,77)(H,66,76)/t34?,36-,42-/m0/s1. The molecule has 5 aromatic rings. The summed E-state index contributed by atoms with van der Waals surface area (Å²) in [6.45, 7) is 9.38. The number of thiophene rings is 1. The molecule has 0 spiro atoms. The number of ether oxygens (including phenoxy) is 2. The number of aromatic nitrogens is 2. The molecule has 2 aliphatic heterocycles. The number of imide groups is 1. The van der Waals surface area contributed by atoms with Crippen molar-refractivity contribution in [2.45, 2.75) is 104 Å². The van der Waals surface area contributed by atoms with Crippen LogP contribution < -0.4 is 41.4 Å². The summed E-state index contributed by atoms with van der Waals surface area (Å²) < 4.78 is 13.2. The number of nitrogens with zero attached hydrogens (tertiary/aromatic N) is 5. The van der Waals surface area contributed by atoms with Gasteiger partial charge >= 0.3 is 0 Å². The number of pyridine rings is 1. The first-order valence-electron chi connectivity index (χ1n) is 26.9. The molecule has 6 N–H and O–H groups in total. The zero-order valence-corrected chi connectivity index (χ0v) is 47.4.